The van der Waals surface area contributed by atoms with Gasteiger partial charge in [0.1, 0.15) is 0 Å². The average molecular weight is 378 g/mol. The second-order valence-electron chi connectivity index (χ2n) is 4.71. The van der Waals surface area contributed by atoms with Crippen LogP contribution in [-0.2, 0) is 0 Å². The van der Waals surface area contributed by atoms with Crippen molar-refractivity contribution in [1.82, 2.24) is 20.6 Å². The van der Waals surface area contributed by atoms with Crippen LogP contribution in [-0.4, -0.2) is 34.9 Å². The predicted molar refractivity (Wildman–Crippen MR) is 72.9 cm³/mol. The summed E-state index contributed by atoms with van der Waals surface area (Å²) < 4.78 is 78.3. The summed E-state index contributed by atoms with van der Waals surface area (Å²) in [4.78, 5) is 28.4. The molecule has 0 saturated heterocycles. The van der Waals surface area contributed by atoms with Crippen LogP contribution in [0.1, 0.15) is 20.7 Å². The molecule has 0 saturated carbocycles. The first kappa shape index (κ1) is 19.1. The Morgan fingerprint density at radius 3 is 1.42 bits per heavy atom. The Bertz CT molecular complexity index is 806. The number of pyridine rings is 2. The summed E-state index contributed by atoms with van der Waals surface area (Å²) in [6.07, 6.45) is 0. The van der Waals surface area contributed by atoms with E-state index < -0.39 is 58.4 Å². The maximum absolute atomic E-state index is 13.4. The van der Waals surface area contributed by atoms with Crippen molar-refractivity contribution in [3.63, 3.8) is 0 Å². The molecule has 0 aliphatic carbocycles. The summed E-state index contributed by atoms with van der Waals surface area (Å²) in [5.74, 6) is -12.2. The first-order chi connectivity index (χ1) is 12.2. The molecule has 2 heterocycles. The van der Waals surface area contributed by atoms with Crippen LogP contribution in [0.25, 0.3) is 0 Å². The van der Waals surface area contributed by atoms with E-state index >= 15 is 0 Å². The molecule has 0 atom stereocenters. The minimum atomic E-state index is -1.80. The molecule has 2 rings (SSSR count). The number of nitrogens with one attached hydrogen (secondary N) is 2. The number of nitrogens with zero attached hydrogens (tertiary/aromatic N) is 2. The molecule has 12 heteroatoms. The van der Waals surface area contributed by atoms with Gasteiger partial charge in [0.25, 0.3) is 23.7 Å². The fourth-order valence-electron chi connectivity index (χ4n) is 1.81. The topological polar surface area (TPSA) is 84.0 Å². The maximum atomic E-state index is 13.4. The van der Waals surface area contributed by atoms with Gasteiger partial charge >= 0.3 is 0 Å². The molecule has 138 valence electrons. The number of aromatic nitrogens is 2. The molecule has 2 amide bonds. The van der Waals surface area contributed by atoms with Gasteiger partial charge in [0.2, 0.25) is 11.9 Å². The average Bonchev–Trinajstić information content (AvgIpc) is 2.57. The Kier molecular flexibility index (Phi) is 5.75. The number of hydrogen-bond acceptors (Lipinski definition) is 4. The van der Waals surface area contributed by atoms with E-state index in [1.165, 1.54) is 0 Å². The van der Waals surface area contributed by atoms with E-state index in [-0.39, 0.29) is 13.1 Å². The molecule has 0 aliphatic rings. The number of carbonyl (C=O) groups is 2. The molecule has 2 aromatic rings. The van der Waals surface area contributed by atoms with Crippen LogP contribution >= 0.6 is 0 Å². The summed E-state index contributed by atoms with van der Waals surface area (Å²) in [7, 11) is 0. The highest BCUT2D eigenvalue weighted by atomic mass is 19.2. The zero-order valence-corrected chi connectivity index (χ0v) is 12.5. The molecule has 2 aromatic heterocycles. The normalized spacial score (nSPS) is 10.5. The van der Waals surface area contributed by atoms with Crippen molar-refractivity contribution < 1.29 is 35.9 Å². The summed E-state index contributed by atoms with van der Waals surface area (Å²) in [5, 5.41) is 4.06. The van der Waals surface area contributed by atoms with E-state index in [1.807, 2.05) is 10.6 Å². The van der Waals surface area contributed by atoms with Crippen LogP contribution in [0.3, 0.4) is 0 Å². The lowest BCUT2D eigenvalue weighted by Gasteiger charge is -2.08. The van der Waals surface area contributed by atoms with Crippen LogP contribution < -0.4 is 10.6 Å². The van der Waals surface area contributed by atoms with Gasteiger partial charge in [-0.3, -0.25) is 9.59 Å². The first-order valence-corrected chi connectivity index (χ1v) is 6.80. The van der Waals surface area contributed by atoms with Gasteiger partial charge in [-0.25, -0.2) is 8.78 Å². The molecule has 0 fully saturated rings. The Morgan fingerprint density at radius 1 is 0.731 bits per heavy atom. The number of rotatable bonds is 5. The lowest BCUT2D eigenvalue weighted by Crippen LogP contribution is -2.35. The van der Waals surface area contributed by atoms with Gasteiger partial charge in [-0.2, -0.15) is 27.5 Å². The summed E-state index contributed by atoms with van der Waals surface area (Å²) in [5.41, 5.74) is -1.91. The van der Waals surface area contributed by atoms with E-state index in [9.17, 15) is 35.9 Å². The van der Waals surface area contributed by atoms with Crippen molar-refractivity contribution in [2.24, 2.45) is 0 Å². The molecule has 0 spiro atoms. The van der Waals surface area contributed by atoms with Crippen LogP contribution in [0.2, 0.25) is 0 Å². The molecular formula is C14H8F6N4O2. The molecule has 6 nitrogen and oxygen atoms in total. The third kappa shape index (κ3) is 4.26. The molecule has 26 heavy (non-hydrogen) atoms. The van der Waals surface area contributed by atoms with Crippen LogP contribution in [0.5, 0.6) is 0 Å². The zero-order valence-electron chi connectivity index (χ0n) is 12.5. The Labute approximate surface area is 141 Å². The monoisotopic (exact) mass is 378 g/mol. The largest absolute Gasteiger partial charge is 0.350 e. The standard InChI is InChI=1S/C14H8F6N4O2/c15-7-3-5(9(17)11(19)23-7)13(25)21-1-2-22-14(26)6-4-8(16)24-12(20)10(6)18/h3-4H,1-2H2,(H,21,25)(H,22,26). The van der Waals surface area contributed by atoms with Crippen molar-refractivity contribution in [1.29, 1.82) is 0 Å². The second-order valence-corrected chi connectivity index (χ2v) is 4.71. The van der Waals surface area contributed by atoms with E-state index in [0.29, 0.717) is 12.1 Å². The molecule has 0 aliphatic heterocycles. The fourth-order valence-corrected chi connectivity index (χ4v) is 1.81. The lowest BCUT2D eigenvalue weighted by molar-refractivity contribution is 0.0921. The van der Waals surface area contributed by atoms with Crippen molar-refractivity contribution in [3.05, 3.63) is 58.7 Å². The number of carbonyl (C=O) groups excluding carboxylic acids is 2. The van der Waals surface area contributed by atoms with Gasteiger partial charge in [-0.1, -0.05) is 0 Å². The number of hydrogen-bond donors (Lipinski definition) is 2. The second kappa shape index (κ2) is 7.80. The van der Waals surface area contributed by atoms with Gasteiger partial charge in [-0.15, -0.1) is 0 Å². The van der Waals surface area contributed by atoms with Gasteiger partial charge in [0, 0.05) is 25.2 Å². The molecule has 0 radical (unpaired) electrons. The molecule has 0 unspecified atom stereocenters. The highest BCUT2D eigenvalue weighted by Crippen LogP contribution is 2.12. The van der Waals surface area contributed by atoms with Crippen molar-refractivity contribution in [2.75, 3.05) is 13.1 Å². The van der Waals surface area contributed by atoms with Crippen LogP contribution in [0.15, 0.2) is 12.1 Å². The van der Waals surface area contributed by atoms with Crippen molar-refractivity contribution in [3.8, 4) is 0 Å². The molecule has 2 N–H and O–H groups in total. The van der Waals surface area contributed by atoms with Crippen molar-refractivity contribution in [2.45, 2.75) is 0 Å². The summed E-state index contributed by atoms with van der Waals surface area (Å²) >= 11 is 0. The minimum Gasteiger partial charge on any atom is -0.350 e. The van der Waals surface area contributed by atoms with Gasteiger partial charge in [0.05, 0.1) is 11.1 Å². The van der Waals surface area contributed by atoms with Crippen LogP contribution in [0.4, 0.5) is 26.3 Å². The third-order valence-electron chi connectivity index (χ3n) is 2.96. The molecular weight excluding hydrogens is 370 g/mol. The summed E-state index contributed by atoms with van der Waals surface area (Å²) in [6, 6.07) is 0.731. The Balaban J connectivity index is 1.93. The van der Waals surface area contributed by atoms with Gasteiger partial charge < -0.3 is 10.6 Å². The zero-order chi connectivity index (χ0) is 19.4. The Hall–Kier alpha value is -3.18. The SMILES string of the molecule is O=C(NCCNC(=O)c1cc(F)nc(F)c1F)c1cc(F)nc(F)c1F. The number of amides is 2. The van der Waals surface area contributed by atoms with Crippen molar-refractivity contribution >= 4 is 11.8 Å². The predicted octanol–water partition coefficient (Wildman–Crippen LogP) is 1.47. The lowest BCUT2D eigenvalue weighted by atomic mass is 10.2. The number of halogens is 6. The third-order valence-corrected chi connectivity index (χ3v) is 2.96. The maximum Gasteiger partial charge on any atom is 0.254 e. The van der Waals surface area contributed by atoms with E-state index in [2.05, 4.69) is 9.97 Å². The van der Waals surface area contributed by atoms with Gasteiger partial charge in [0.15, 0.2) is 11.6 Å². The molecule has 0 aromatic carbocycles. The van der Waals surface area contributed by atoms with Crippen LogP contribution in [0, 0.1) is 35.4 Å². The highest BCUT2D eigenvalue weighted by molar-refractivity contribution is 5.95. The molecule has 0 bridgehead atoms. The smallest absolute Gasteiger partial charge is 0.254 e. The quantitative estimate of drug-likeness (QED) is 0.469. The Morgan fingerprint density at radius 2 is 1.08 bits per heavy atom. The first-order valence-electron chi connectivity index (χ1n) is 6.80. The van der Waals surface area contributed by atoms with E-state index in [0.717, 1.165) is 0 Å². The minimum absolute atomic E-state index is 0.365. The highest BCUT2D eigenvalue weighted by Gasteiger charge is 2.20. The summed E-state index contributed by atoms with van der Waals surface area (Å²) in [6.45, 7) is -0.736. The van der Waals surface area contributed by atoms with E-state index in [4.69, 9.17) is 0 Å². The van der Waals surface area contributed by atoms with E-state index in [1.54, 1.807) is 0 Å². The fraction of sp³-hybridized carbons (Fsp3) is 0.143. The van der Waals surface area contributed by atoms with Gasteiger partial charge in [-0.05, 0) is 0 Å².